The third kappa shape index (κ3) is 2.08. The van der Waals surface area contributed by atoms with Crippen LogP contribution in [0.2, 0.25) is 5.02 Å². The summed E-state index contributed by atoms with van der Waals surface area (Å²) >= 11 is 5.63. The van der Waals surface area contributed by atoms with Crippen molar-refractivity contribution in [3.8, 4) is 0 Å². The minimum absolute atomic E-state index is 0.127. The van der Waals surface area contributed by atoms with Crippen LogP contribution in [0, 0.1) is 0 Å². The van der Waals surface area contributed by atoms with Gasteiger partial charge in [0.1, 0.15) is 4.87 Å². The largest absolute Gasteiger partial charge is 0.235 e. The minimum Gasteiger partial charge on any atom is -0.235 e. The Bertz CT molecular complexity index is 417. The zero-order valence-corrected chi connectivity index (χ0v) is 9.48. The maximum absolute atomic E-state index is 11.7. The summed E-state index contributed by atoms with van der Waals surface area (Å²) in [5.74, 6) is 0. The van der Waals surface area contributed by atoms with Gasteiger partial charge in [0.05, 0.1) is 4.90 Å². The number of nitrogens with one attached hydrogen (secondary N) is 1. The lowest BCUT2D eigenvalue weighted by atomic mass is 10.4. The first-order valence-electron chi connectivity index (χ1n) is 4.00. The van der Waals surface area contributed by atoms with E-state index in [0.717, 1.165) is 0 Å². The van der Waals surface area contributed by atoms with Gasteiger partial charge < -0.3 is 0 Å². The summed E-state index contributed by atoms with van der Waals surface area (Å²) in [6.07, 6.45) is 0. The zero-order chi connectivity index (χ0) is 11.0. The van der Waals surface area contributed by atoms with Gasteiger partial charge in [0.15, 0.2) is 9.84 Å². The zero-order valence-electron chi connectivity index (χ0n) is 7.91. The Morgan fingerprint density at radius 2 is 1.64 bits per heavy atom. The number of hydrogen-bond donors (Lipinski definition) is 0. The molecule has 0 saturated heterocycles. The molecule has 1 N–H and O–H groups in total. The molecule has 0 heterocycles. The lowest BCUT2D eigenvalue weighted by molar-refractivity contribution is 0.547. The third-order valence-electron chi connectivity index (χ3n) is 1.80. The predicted octanol–water partition coefficient (Wildman–Crippen LogP) is 2.13. The maximum atomic E-state index is 11.7. The van der Waals surface area contributed by atoms with Gasteiger partial charge in [-0.3, -0.25) is 0 Å². The lowest BCUT2D eigenvalue weighted by Gasteiger charge is -2.17. The van der Waals surface area contributed by atoms with E-state index in [9.17, 15) is 8.42 Å². The van der Waals surface area contributed by atoms with Gasteiger partial charge in [0.2, 0.25) is 0 Å². The average molecular weight is 233 g/mol. The summed E-state index contributed by atoms with van der Waals surface area (Å²) in [5, 5.41) is 0.478. The molecule has 0 aromatic heterocycles. The van der Waals surface area contributed by atoms with Crippen molar-refractivity contribution >= 4 is 21.4 Å². The van der Waals surface area contributed by atoms with Crippen molar-refractivity contribution in [2.24, 2.45) is 0 Å². The fourth-order valence-electron chi connectivity index (χ4n) is 0.908. The molecule has 0 bridgehead atoms. The minimum atomic E-state index is -3.59. The highest BCUT2D eigenvalue weighted by atomic mass is 35.5. The Hall–Kier alpha value is -0.580. The van der Waals surface area contributed by atoms with E-state index in [2.05, 4.69) is 0 Å². The van der Waals surface area contributed by atoms with Crippen molar-refractivity contribution in [1.29, 1.82) is 0 Å². The van der Waals surface area contributed by atoms with E-state index in [-0.39, 0.29) is 4.90 Å². The molecule has 0 unspecified atom stereocenters. The van der Waals surface area contributed by atoms with E-state index in [1.165, 1.54) is 38.1 Å². The van der Waals surface area contributed by atoms with Crippen LogP contribution in [0.3, 0.4) is 0 Å². The van der Waals surface area contributed by atoms with E-state index in [1.807, 2.05) is 0 Å². The number of halogens is 1. The van der Waals surface area contributed by atoms with Crippen molar-refractivity contribution in [2.75, 3.05) is 0 Å². The molecule has 3 nitrogen and oxygen atoms in total. The van der Waals surface area contributed by atoms with Crippen LogP contribution in [0.4, 0.5) is 0 Å². The molecule has 0 spiro atoms. The van der Waals surface area contributed by atoms with Gasteiger partial charge in [-0.05, 0) is 38.1 Å². The highest BCUT2D eigenvalue weighted by Crippen LogP contribution is 2.23. The molecule has 1 radical (unpaired) electrons. The second-order valence-corrected chi connectivity index (χ2v) is 6.40. The molecule has 77 valence electrons. The van der Waals surface area contributed by atoms with Crippen LogP contribution in [-0.4, -0.2) is 13.3 Å². The summed E-state index contributed by atoms with van der Waals surface area (Å²) in [7, 11) is -3.59. The van der Waals surface area contributed by atoms with E-state index in [0.29, 0.717) is 5.02 Å². The SMILES string of the molecule is CC(C)([NH])S(=O)(=O)c1ccc(Cl)cc1. The Kier molecular flexibility index (Phi) is 2.90. The second-order valence-electron chi connectivity index (χ2n) is 3.47. The molecule has 1 rings (SSSR count). The first kappa shape index (κ1) is 11.5. The number of benzene rings is 1. The van der Waals surface area contributed by atoms with Crippen molar-refractivity contribution in [3.05, 3.63) is 29.3 Å². The molecule has 0 aliphatic carbocycles. The second kappa shape index (κ2) is 3.53. The van der Waals surface area contributed by atoms with E-state index in [4.69, 9.17) is 17.3 Å². The Labute approximate surface area is 88.8 Å². The predicted molar refractivity (Wildman–Crippen MR) is 55.8 cm³/mol. The number of hydrogen-bond acceptors (Lipinski definition) is 2. The fourth-order valence-corrected chi connectivity index (χ4v) is 2.12. The smallest absolute Gasteiger partial charge is 0.197 e. The van der Waals surface area contributed by atoms with Crippen LogP contribution < -0.4 is 5.73 Å². The average Bonchev–Trinajstić information content (AvgIpc) is 2.03. The van der Waals surface area contributed by atoms with Gasteiger partial charge in [0, 0.05) is 5.02 Å². The summed E-state index contributed by atoms with van der Waals surface area (Å²) in [6, 6.07) is 5.82. The summed E-state index contributed by atoms with van der Waals surface area (Å²) in [6.45, 7) is 2.69. The topological polar surface area (TPSA) is 57.9 Å². The number of rotatable bonds is 2. The van der Waals surface area contributed by atoms with Crippen LogP contribution in [0.25, 0.3) is 0 Å². The molecular weight excluding hydrogens is 222 g/mol. The molecule has 0 fully saturated rings. The van der Waals surface area contributed by atoms with Gasteiger partial charge >= 0.3 is 0 Å². The summed E-state index contributed by atoms with van der Waals surface area (Å²) < 4.78 is 23.5. The third-order valence-corrected chi connectivity index (χ3v) is 4.28. The quantitative estimate of drug-likeness (QED) is 0.784. The molecule has 0 saturated carbocycles. The van der Waals surface area contributed by atoms with Crippen molar-refractivity contribution in [3.63, 3.8) is 0 Å². The van der Waals surface area contributed by atoms with Crippen molar-refractivity contribution < 1.29 is 8.42 Å². The van der Waals surface area contributed by atoms with E-state index >= 15 is 0 Å². The fraction of sp³-hybridized carbons (Fsp3) is 0.333. The molecule has 0 aliphatic heterocycles. The molecular formula is C9H11ClNO2S. The Morgan fingerprint density at radius 3 is 2.00 bits per heavy atom. The lowest BCUT2D eigenvalue weighted by Crippen LogP contribution is -2.33. The molecule has 14 heavy (non-hydrogen) atoms. The monoisotopic (exact) mass is 232 g/mol. The first-order valence-corrected chi connectivity index (χ1v) is 5.86. The Balaban J connectivity index is 3.25. The Morgan fingerprint density at radius 1 is 1.21 bits per heavy atom. The van der Waals surface area contributed by atoms with Gasteiger partial charge in [-0.1, -0.05) is 11.6 Å². The van der Waals surface area contributed by atoms with Crippen LogP contribution >= 0.6 is 11.6 Å². The maximum Gasteiger partial charge on any atom is 0.197 e. The van der Waals surface area contributed by atoms with E-state index in [1.54, 1.807) is 0 Å². The highest BCUT2D eigenvalue weighted by molar-refractivity contribution is 7.92. The highest BCUT2D eigenvalue weighted by Gasteiger charge is 2.32. The standard InChI is InChI=1S/C9H11ClNO2S/c1-9(2,11)14(12,13)8-5-3-7(10)4-6-8/h3-6,11H,1-2H3. The summed E-state index contributed by atoms with van der Waals surface area (Å²) in [4.78, 5) is -1.40. The van der Waals surface area contributed by atoms with Gasteiger partial charge in [-0.25, -0.2) is 14.2 Å². The molecule has 0 aliphatic rings. The molecule has 1 aromatic rings. The summed E-state index contributed by atoms with van der Waals surface area (Å²) in [5.41, 5.74) is 7.50. The van der Waals surface area contributed by atoms with Gasteiger partial charge in [-0.2, -0.15) is 0 Å². The normalized spacial score (nSPS) is 12.9. The van der Waals surface area contributed by atoms with Gasteiger partial charge in [0.25, 0.3) is 0 Å². The van der Waals surface area contributed by atoms with Crippen molar-refractivity contribution in [1.82, 2.24) is 5.73 Å². The van der Waals surface area contributed by atoms with Crippen LogP contribution in [0.1, 0.15) is 13.8 Å². The molecule has 5 heteroatoms. The molecule has 0 amide bonds. The van der Waals surface area contributed by atoms with E-state index < -0.39 is 14.7 Å². The van der Waals surface area contributed by atoms with Crippen LogP contribution in [-0.2, 0) is 9.84 Å². The van der Waals surface area contributed by atoms with Gasteiger partial charge in [-0.15, -0.1) is 0 Å². The van der Waals surface area contributed by atoms with Crippen LogP contribution in [0.15, 0.2) is 29.2 Å². The van der Waals surface area contributed by atoms with Crippen molar-refractivity contribution in [2.45, 2.75) is 23.6 Å². The number of sulfone groups is 1. The van der Waals surface area contributed by atoms with Crippen LogP contribution in [0.5, 0.6) is 0 Å². The molecule has 1 aromatic carbocycles. The first-order chi connectivity index (χ1) is 6.25. The molecule has 0 atom stereocenters.